The van der Waals surface area contributed by atoms with Crippen LogP contribution in [-0.2, 0) is 20.8 Å². The number of nitrogens with zero attached hydrogens (tertiary/aromatic N) is 1. The van der Waals surface area contributed by atoms with Crippen molar-refractivity contribution in [3.63, 3.8) is 0 Å². The van der Waals surface area contributed by atoms with E-state index in [2.05, 4.69) is 15.6 Å². The molecular formula is C19H31N3O5. The normalized spacial score (nSPS) is 17.1. The molecule has 2 heterocycles. The highest BCUT2D eigenvalue weighted by atomic mass is 16.5. The fourth-order valence-corrected chi connectivity index (χ4v) is 2.78. The summed E-state index contributed by atoms with van der Waals surface area (Å²) >= 11 is 0. The van der Waals surface area contributed by atoms with Gasteiger partial charge in [-0.2, -0.15) is 0 Å². The first-order chi connectivity index (χ1) is 13.1. The molecule has 0 aliphatic carbocycles. The summed E-state index contributed by atoms with van der Waals surface area (Å²) in [5.74, 6) is 2.00. The Bertz CT molecular complexity index is 608. The molecule has 1 aromatic heterocycles. The van der Waals surface area contributed by atoms with E-state index >= 15 is 0 Å². The molecule has 8 heteroatoms. The van der Waals surface area contributed by atoms with E-state index in [9.17, 15) is 4.79 Å². The van der Waals surface area contributed by atoms with Gasteiger partial charge in [0.1, 0.15) is 23.6 Å². The fourth-order valence-electron chi connectivity index (χ4n) is 2.78. The van der Waals surface area contributed by atoms with Crippen LogP contribution < -0.4 is 10.6 Å². The lowest BCUT2D eigenvalue weighted by Gasteiger charge is -2.12. The number of rotatable bonds is 10. The number of carbonyl (C=O) groups is 1. The molecule has 1 unspecified atom stereocenters. The van der Waals surface area contributed by atoms with E-state index in [1.165, 1.54) is 7.11 Å². The van der Waals surface area contributed by atoms with Gasteiger partial charge in [0.05, 0.1) is 20.3 Å². The number of guanidine groups is 1. The van der Waals surface area contributed by atoms with Crippen molar-refractivity contribution < 1.29 is 23.4 Å². The maximum absolute atomic E-state index is 11.6. The van der Waals surface area contributed by atoms with E-state index in [0.717, 1.165) is 45.8 Å². The summed E-state index contributed by atoms with van der Waals surface area (Å²) in [7, 11) is 1.35. The Hall–Kier alpha value is -2.06. The number of esters is 1. The molecule has 8 nitrogen and oxygen atoms in total. The summed E-state index contributed by atoms with van der Waals surface area (Å²) in [6.45, 7) is 8.76. The molecule has 1 aliphatic heterocycles. The Kier molecular flexibility index (Phi) is 9.13. The van der Waals surface area contributed by atoms with Crippen LogP contribution in [0.2, 0.25) is 0 Å². The number of aryl methyl sites for hydroxylation is 1. The van der Waals surface area contributed by atoms with Crippen molar-refractivity contribution in [1.29, 1.82) is 0 Å². The Balaban J connectivity index is 1.72. The van der Waals surface area contributed by atoms with Gasteiger partial charge in [-0.1, -0.05) is 0 Å². The van der Waals surface area contributed by atoms with Gasteiger partial charge in [0.2, 0.25) is 0 Å². The van der Waals surface area contributed by atoms with E-state index < -0.39 is 5.97 Å². The topological polar surface area (TPSA) is 94.3 Å². The highest BCUT2D eigenvalue weighted by molar-refractivity contribution is 5.90. The second-order valence-electron chi connectivity index (χ2n) is 6.45. The zero-order chi connectivity index (χ0) is 19.5. The predicted molar refractivity (Wildman–Crippen MR) is 102 cm³/mol. The van der Waals surface area contributed by atoms with Crippen molar-refractivity contribution in [2.24, 2.45) is 10.9 Å². The summed E-state index contributed by atoms with van der Waals surface area (Å²) in [6, 6.07) is 1.68. The molecule has 1 fully saturated rings. The van der Waals surface area contributed by atoms with Crippen LogP contribution in [0, 0.1) is 12.8 Å². The third kappa shape index (κ3) is 7.22. The monoisotopic (exact) mass is 381 g/mol. The Morgan fingerprint density at radius 1 is 1.41 bits per heavy atom. The van der Waals surface area contributed by atoms with Crippen LogP contribution in [0.5, 0.6) is 0 Å². The lowest BCUT2D eigenvalue weighted by molar-refractivity contribution is 0.0598. The van der Waals surface area contributed by atoms with Crippen molar-refractivity contribution in [2.75, 3.05) is 46.6 Å². The smallest absolute Gasteiger partial charge is 0.341 e. The van der Waals surface area contributed by atoms with Crippen LogP contribution in [0.25, 0.3) is 0 Å². The molecule has 152 valence electrons. The summed E-state index contributed by atoms with van der Waals surface area (Å²) < 4.78 is 21.3. The van der Waals surface area contributed by atoms with E-state index in [-0.39, 0.29) is 0 Å². The molecule has 0 saturated carbocycles. The number of nitrogens with one attached hydrogen (secondary N) is 2. The zero-order valence-electron chi connectivity index (χ0n) is 16.5. The van der Waals surface area contributed by atoms with Crippen molar-refractivity contribution in [3.8, 4) is 0 Å². The van der Waals surface area contributed by atoms with Crippen LogP contribution in [-0.4, -0.2) is 58.6 Å². The third-order valence-electron chi connectivity index (χ3n) is 4.25. The molecule has 1 atom stereocenters. The Labute approximate surface area is 160 Å². The summed E-state index contributed by atoms with van der Waals surface area (Å²) in [4.78, 5) is 16.1. The average molecular weight is 381 g/mol. The quantitative estimate of drug-likeness (QED) is 0.276. The van der Waals surface area contributed by atoms with Gasteiger partial charge in [-0.3, -0.25) is 0 Å². The van der Waals surface area contributed by atoms with Gasteiger partial charge in [-0.05, 0) is 32.8 Å². The molecule has 2 N–H and O–H groups in total. The SMILES string of the molecule is CCNC(=NCc1cc(C(=O)OC)c(C)o1)NCCCOCC1CCOC1. The summed E-state index contributed by atoms with van der Waals surface area (Å²) in [6.07, 6.45) is 1.99. The van der Waals surface area contributed by atoms with Gasteiger partial charge in [-0.25, -0.2) is 9.79 Å². The third-order valence-corrected chi connectivity index (χ3v) is 4.25. The number of furan rings is 1. The number of ether oxygens (including phenoxy) is 3. The van der Waals surface area contributed by atoms with Gasteiger partial charge in [0.25, 0.3) is 0 Å². The molecule has 1 aromatic rings. The zero-order valence-corrected chi connectivity index (χ0v) is 16.5. The number of hydrogen-bond acceptors (Lipinski definition) is 6. The summed E-state index contributed by atoms with van der Waals surface area (Å²) in [5, 5.41) is 6.47. The largest absolute Gasteiger partial charge is 0.465 e. The number of aliphatic imine (C=N–C) groups is 1. The van der Waals surface area contributed by atoms with E-state index in [0.29, 0.717) is 42.1 Å². The van der Waals surface area contributed by atoms with Crippen molar-refractivity contribution in [3.05, 3.63) is 23.2 Å². The van der Waals surface area contributed by atoms with Gasteiger partial charge >= 0.3 is 5.97 Å². The van der Waals surface area contributed by atoms with Gasteiger partial charge in [0.15, 0.2) is 5.96 Å². The molecule has 1 aliphatic rings. The molecule has 27 heavy (non-hydrogen) atoms. The number of methoxy groups -OCH3 is 1. The molecule has 0 aromatic carbocycles. The van der Waals surface area contributed by atoms with Crippen molar-refractivity contribution in [2.45, 2.75) is 33.2 Å². The highest BCUT2D eigenvalue weighted by Gasteiger charge is 2.16. The first kappa shape index (κ1) is 21.2. The van der Waals surface area contributed by atoms with Gasteiger partial charge in [0, 0.05) is 32.2 Å². The summed E-state index contributed by atoms with van der Waals surface area (Å²) in [5.41, 5.74) is 0.436. The lowest BCUT2D eigenvalue weighted by Crippen LogP contribution is -2.38. The second-order valence-corrected chi connectivity index (χ2v) is 6.45. The van der Waals surface area contributed by atoms with Gasteiger partial charge in [-0.15, -0.1) is 0 Å². The molecule has 0 bridgehead atoms. The molecule has 2 rings (SSSR count). The maximum Gasteiger partial charge on any atom is 0.341 e. The second kappa shape index (κ2) is 11.6. The highest BCUT2D eigenvalue weighted by Crippen LogP contribution is 2.16. The molecule has 0 spiro atoms. The minimum Gasteiger partial charge on any atom is -0.465 e. The minimum atomic E-state index is -0.402. The predicted octanol–water partition coefficient (Wildman–Crippen LogP) is 1.87. The number of hydrogen-bond donors (Lipinski definition) is 2. The first-order valence-electron chi connectivity index (χ1n) is 9.49. The maximum atomic E-state index is 11.6. The molecular weight excluding hydrogens is 350 g/mol. The van der Waals surface area contributed by atoms with Crippen LogP contribution >= 0.6 is 0 Å². The average Bonchev–Trinajstić information content (AvgIpc) is 3.31. The number of carbonyl (C=O) groups excluding carboxylic acids is 1. The van der Waals surface area contributed by atoms with Crippen molar-refractivity contribution >= 4 is 11.9 Å². The molecule has 0 radical (unpaired) electrons. The Morgan fingerprint density at radius 3 is 2.96 bits per heavy atom. The van der Waals surface area contributed by atoms with Crippen LogP contribution in [0.15, 0.2) is 15.5 Å². The standard InChI is InChI=1S/C19H31N3O5/c1-4-20-19(21-7-5-8-25-12-15-6-9-26-13-15)22-11-16-10-17(14(2)27-16)18(23)24-3/h10,15H,4-9,11-13H2,1-3H3,(H2,20,21,22). The van der Waals surface area contributed by atoms with E-state index in [1.807, 2.05) is 6.92 Å². The van der Waals surface area contributed by atoms with Crippen LogP contribution in [0.3, 0.4) is 0 Å². The minimum absolute atomic E-state index is 0.339. The van der Waals surface area contributed by atoms with E-state index in [1.54, 1.807) is 13.0 Å². The van der Waals surface area contributed by atoms with Crippen molar-refractivity contribution in [1.82, 2.24) is 10.6 Å². The molecule has 1 saturated heterocycles. The molecule has 0 amide bonds. The van der Waals surface area contributed by atoms with E-state index in [4.69, 9.17) is 18.6 Å². The Morgan fingerprint density at radius 2 is 2.26 bits per heavy atom. The first-order valence-corrected chi connectivity index (χ1v) is 9.49. The fraction of sp³-hybridized carbons (Fsp3) is 0.684. The van der Waals surface area contributed by atoms with Crippen LogP contribution in [0.1, 0.15) is 41.6 Å². The van der Waals surface area contributed by atoms with Gasteiger partial charge < -0.3 is 29.3 Å². The lowest BCUT2D eigenvalue weighted by atomic mass is 10.1. The van der Waals surface area contributed by atoms with Crippen LogP contribution in [0.4, 0.5) is 0 Å².